The summed E-state index contributed by atoms with van der Waals surface area (Å²) in [6, 6.07) is 8.63. The van der Waals surface area contributed by atoms with Crippen molar-refractivity contribution in [3.05, 3.63) is 56.4 Å². The molecule has 0 bridgehead atoms. The van der Waals surface area contributed by atoms with E-state index in [0.717, 1.165) is 10.4 Å². The van der Waals surface area contributed by atoms with Gasteiger partial charge in [0.1, 0.15) is 5.82 Å². The van der Waals surface area contributed by atoms with E-state index in [1.54, 1.807) is 19.1 Å². The summed E-state index contributed by atoms with van der Waals surface area (Å²) in [5.74, 6) is -0.287. The van der Waals surface area contributed by atoms with Crippen molar-refractivity contribution in [3.8, 4) is 0 Å². The van der Waals surface area contributed by atoms with Crippen molar-refractivity contribution in [2.24, 2.45) is 0 Å². The molecule has 1 nitrogen and oxygen atoms in total. The minimum Gasteiger partial charge on any atom is -0.384 e. The lowest BCUT2D eigenvalue weighted by atomic mass is 9.95. The summed E-state index contributed by atoms with van der Waals surface area (Å²) in [6.45, 7) is 1.77. The number of rotatable bonds is 3. The molecule has 90 valence electrons. The third-order valence-corrected chi connectivity index (χ3v) is 4.32. The fourth-order valence-electron chi connectivity index (χ4n) is 1.72. The minimum atomic E-state index is -0.911. The van der Waals surface area contributed by atoms with Crippen LogP contribution in [0.25, 0.3) is 0 Å². The third kappa shape index (κ3) is 2.94. The fraction of sp³-hybridized carbons (Fsp3) is 0.231. The molecule has 0 spiro atoms. The van der Waals surface area contributed by atoms with E-state index in [1.807, 2.05) is 17.5 Å². The molecule has 0 aliphatic carbocycles. The van der Waals surface area contributed by atoms with Crippen LogP contribution in [0.15, 0.2) is 40.2 Å². The van der Waals surface area contributed by atoms with Gasteiger partial charge in [0, 0.05) is 11.3 Å². The zero-order valence-corrected chi connectivity index (χ0v) is 11.7. The van der Waals surface area contributed by atoms with Crippen molar-refractivity contribution in [2.75, 3.05) is 0 Å². The van der Waals surface area contributed by atoms with Crippen LogP contribution in [-0.2, 0) is 12.0 Å². The molecule has 0 saturated carbocycles. The minimum absolute atomic E-state index is 0.287. The molecule has 1 heterocycles. The summed E-state index contributed by atoms with van der Waals surface area (Å²) < 4.78 is 13.5. The molecule has 4 heteroatoms. The van der Waals surface area contributed by atoms with Gasteiger partial charge in [-0.2, -0.15) is 0 Å². The number of benzene rings is 1. The van der Waals surface area contributed by atoms with E-state index in [1.165, 1.54) is 17.4 Å². The Bertz CT molecular complexity index is 508. The van der Waals surface area contributed by atoms with Crippen molar-refractivity contribution in [2.45, 2.75) is 18.9 Å². The van der Waals surface area contributed by atoms with Gasteiger partial charge < -0.3 is 5.11 Å². The standard InChI is InChI=1S/C13H12BrFOS/c1-13(16,12-3-2-6-17-12)8-9-4-5-11(15)10(14)7-9/h2-7,16H,8H2,1H3. The van der Waals surface area contributed by atoms with Crippen molar-refractivity contribution < 1.29 is 9.50 Å². The highest BCUT2D eigenvalue weighted by molar-refractivity contribution is 9.10. The fourth-order valence-corrected chi connectivity index (χ4v) is 2.93. The number of thiophene rings is 1. The molecule has 1 N–H and O–H groups in total. The number of halogens is 2. The maximum atomic E-state index is 13.1. The van der Waals surface area contributed by atoms with E-state index >= 15 is 0 Å². The van der Waals surface area contributed by atoms with Crippen LogP contribution < -0.4 is 0 Å². The average molecular weight is 315 g/mol. The van der Waals surface area contributed by atoms with Gasteiger partial charge in [-0.05, 0) is 52.0 Å². The Hall–Kier alpha value is -0.710. The Morgan fingerprint density at radius 3 is 2.76 bits per heavy atom. The zero-order chi connectivity index (χ0) is 12.5. The van der Waals surface area contributed by atoms with E-state index in [9.17, 15) is 9.50 Å². The van der Waals surface area contributed by atoms with Crippen LogP contribution in [0.3, 0.4) is 0 Å². The molecule has 1 atom stereocenters. The highest BCUT2D eigenvalue weighted by atomic mass is 79.9. The maximum absolute atomic E-state index is 13.1. The monoisotopic (exact) mass is 314 g/mol. The Balaban J connectivity index is 2.23. The lowest BCUT2D eigenvalue weighted by Gasteiger charge is -2.22. The van der Waals surface area contributed by atoms with E-state index in [4.69, 9.17) is 0 Å². The predicted molar refractivity (Wildman–Crippen MR) is 71.7 cm³/mol. The highest BCUT2D eigenvalue weighted by Gasteiger charge is 2.24. The van der Waals surface area contributed by atoms with Crippen LogP contribution >= 0.6 is 27.3 Å². The molecule has 0 aliphatic rings. The Morgan fingerprint density at radius 1 is 1.41 bits per heavy atom. The van der Waals surface area contributed by atoms with Gasteiger partial charge in [-0.1, -0.05) is 12.1 Å². The summed E-state index contributed by atoms with van der Waals surface area (Å²) in [5.41, 5.74) is -0.0116. The second-order valence-corrected chi connectivity index (χ2v) is 5.98. The summed E-state index contributed by atoms with van der Waals surface area (Å²) in [5, 5.41) is 12.3. The molecule has 0 saturated heterocycles. The van der Waals surface area contributed by atoms with Crippen LogP contribution in [0.2, 0.25) is 0 Å². The summed E-state index contributed by atoms with van der Waals surface area (Å²) in [6.07, 6.45) is 0.465. The SMILES string of the molecule is CC(O)(Cc1ccc(F)c(Br)c1)c1cccs1. The molecule has 0 amide bonds. The van der Waals surface area contributed by atoms with Gasteiger partial charge in [0.15, 0.2) is 0 Å². The first-order chi connectivity index (χ1) is 7.99. The quantitative estimate of drug-likeness (QED) is 0.904. The zero-order valence-electron chi connectivity index (χ0n) is 9.28. The van der Waals surface area contributed by atoms with Crippen molar-refractivity contribution >= 4 is 27.3 Å². The van der Waals surface area contributed by atoms with E-state index in [-0.39, 0.29) is 5.82 Å². The molecule has 2 aromatic rings. The topological polar surface area (TPSA) is 20.2 Å². The first kappa shape index (κ1) is 12.7. The lowest BCUT2D eigenvalue weighted by Crippen LogP contribution is -2.22. The Labute approximate surface area is 112 Å². The smallest absolute Gasteiger partial charge is 0.137 e. The normalized spacial score (nSPS) is 14.6. The van der Waals surface area contributed by atoms with Crippen LogP contribution in [-0.4, -0.2) is 5.11 Å². The summed E-state index contributed by atoms with van der Waals surface area (Å²) in [4.78, 5) is 0.915. The predicted octanol–water partition coefficient (Wildman–Crippen LogP) is 4.10. The maximum Gasteiger partial charge on any atom is 0.137 e. The van der Waals surface area contributed by atoms with E-state index < -0.39 is 5.60 Å². The molecule has 17 heavy (non-hydrogen) atoms. The summed E-state index contributed by atoms with van der Waals surface area (Å²) in [7, 11) is 0. The van der Waals surface area contributed by atoms with Gasteiger partial charge in [0.2, 0.25) is 0 Å². The highest BCUT2D eigenvalue weighted by Crippen LogP contribution is 2.30. The molecular weight excluding hydrogens is 303 g/mol. The second-order valence-electron chi connectivity index (χ2n) is 4.18. The van der Waals surface area contributed by atoms with Crippen LogP contribution in [0.5, 0.6) is 0 Å². The number of hydrogen-bond donors (Lipinski definition) is 1. The largest absolute Gasteiger partial charge is 0.384 e. The Morgan fingerprint density at radius 2 is 2.18 bits per heavy atom. The van der Waals surface area contributed by atoms with Crippen molar-refractivity contribution in [1.29, 1.82) is 0 Å². The second kappa shape index (κ2) is 4.88. The molecule has 0 radical (unpaired) electrons. The first-order valence-electron chi connectivity index (χ1n) is 5.19. The van der Waals surface area contributed by atoms with Crippen LogP contribution in [0.4, 0.5) is 4.39 Å². The number of hydrogen-bond acceptors (Lipinski definition) is 2. The molecular formula is C13H12BrFOS. The first-order valence-corrected chi connectivity index (χ1v) is 6.86. The molecule has 2 rings (SSSR count). The van der Waals surface area contributed by atoms with Gasteiger partial charge in [0.05, 0.1) is 10.1 Å². The van der Waals surface area contributed by atoms with Crippen LogP contribution in [0.1, 0.15) is 17.4 Å². The van der Waals surface area contributed by atoms with Gasteiger partial charge in [0.25, 0.3) is 0 Å². The molecule has 1 unspecified atom stereocenters. The third-order valence-electron chi connectivity index (χ3n) is 2.58. The van der Waals surface area contributed by atoms with E-state index in [0.29, 0.717) is 10.9 Å². The van der Waals surface area contributed by atoms with Gasteiger partial charge >= 0.3 is 0 Å². The van der Waals surface area contributed by atoms with Crippen molar-refractivity contribution in [1.82, 2.24) is 0 Å². The van der Waals surface area contributed by atoms with Gasteiger partial charge in [-0.3, -0.25) is 0 Å². The van der Waals surface area contributed by atoms with E-state index in [2.05, 4.69) is 15.9 Å². The van der Waals surface area contributed by atoms with Gasteiger partial charge in [-0.15, -0.1) is 11.3 Å². The Kier molecular flexibility index (Phi) is 3.66. The van der Waals surface area contributed by atoms with Gasteiger partial charge in [-0.25, -0.2) is 4.39 Å². The summed E-state index contributed by atoms with van der Waals surface area (Å²) >= 11 is 4.67. The average Bonchev–Trinajstić information content (AvgIpc) is 2.77. The lowest BCUT2D eigenvalue weighted by molar-refractivity contribution is 0.0614. The number of aliphatic hydroxyl groups is 1. The van der Waals surface area contributed by atoms with Crippen LogP contribution in [0, 0.1) is 5.82 Å². The molecule has 0 fully saturated rings. The molecule has 1 aromatic heterocycles. The van der Waals surface area contributed by atoms with Crippen molar-refractivity contribution in [3.63, 3.8) is 0 Å². The molecule has 0 aliphatic heterocycles. The molecule has 1 aromatic carbocycles.